The Balaban J connectivity index is 2.13. The summed E-state index contributed by atoms with van der Waals surface area (Å²) in [5, 5.41) is 18.1. The van der Waals surface area contributed by atoms with Crippen molar-refractivity contribution in [1.82, 2.24) is 25.8 Å². The summed E-state index contributed by atoms with van der Waals surface area (Å²) in [5.41, 5.74) is 0.784. The Bertz CT molecular complexity index is 1210. The van der Waals surface area contributed by atoms with Crippen LogP contribution >= 0.6 is 0 Å². The molecule has 13 heteroatoms. The quantitative estimate of drug-likeness (QED) is 0.171. The lowest BCUT2D eigenvalue weighted by Gasteiger charge is -2.38. The fourth-order valence-corrected chi connectivity index (χ4v) is 6.73. The van der Waals surface area contributed by atoms with Crippen molar-refractivity contribution in [3.8, 4) is 0 Å². The number of rotatable bonds is 19. The van der Waals surface area contributed by atoms with Crippen LogP contribution in [0.1, 0.15) is 59.4 Å². The van der Waals surface area contributed by atoms with Gasteiger partial charge in [0.1, 0.15) is 6.04 Å². The number of carbonyl (C=O) groups excluding carboxylic acids is 4. The van der Waals surface area contributed by atoms with Crippen LogP contribution in [0.4, 0.5) is 0 Å². The summed E-state index contributed by atoms with van der Waals surface area (Å²) in [6.45, 7) is 9.68. The van der Waals surface area contributed by atoms with Gasteiger partial charge in [-0.05, 0) is 37.3 Å². The maximum atomic E-state index is 13.9. The van der Waals surface area contributed by atoms with Crippen molar-refractivity contribution in [1.29, 1.82) is 0 Å². The molecule has 1 aromatic carbocycles. The number of likely N-dealkylation sites (N-methyl/N-ethyl adjacent to an activating group) is 2. The predicted octanol–water partition coefficient (Wildman–Crippen LogP) is 1.69. The van der Waals surface area contributed by atoms with E-state index < -0.39 is 54.2 Å². The largest absolute Gasteiger partial charge is 0.480 e. The summed E-state index contributed by atoms with van der Waals surface area (Å²) in [5.74, 6) is -3.15. The van der Waals surface area contributed by atoms with E-state index in [4.69, 9.17) is 9.47 Å². The molecule has 13 nitrogen and oxygen atoms in total. The second-order valence-corrected chi connectivity index (χ2v) is 13.3. The van der Waals surface area contributed by atoms with Crippen molar-refractivity contribution < 1.29 is 38.6 Å². The molecule has 1 aromatic rings. The van der Waals surface area contributed by atoms with Gasteiger partial charge < -0.3 is 40.3 Å². The van der Waals surface area contributed by atoms with Gasteiger partial charge in [0.25, 0.3) is 0 Å². The highest BCUT2D eigenvalue weighted by Crippen LogP contribution is 2.29. The van der Waals surface area contributed by atoms with Gasteiger partial charge in [-0.15, -0.1) is 0 Å². The van der Waals surface area contributed by atoms with E-state index in [1.807, 2.05) is 45.9 Å². The molecule has 0 aromatic heterocycles. The highest BCUT2D eigenvalue weighted by molar-refractivity contribution is 5.88. The molecule has 4 unspecified atom stereocenters. The first-order valence-electron chi connectivity index (χ1n) is 16.8. The minimum atomic E-state index is -1.14. The molecule has 2 rings (SSSR count). The molecule has 7 atom stereocenters. The molecular formula is C35H57N5O8. The summed E-state index contributed by atoms with van der Waals surface area (Å²) in [7, 11) is 6.34. The molecule has 4 amide bonds. The summed E-state index contributed by atoms with van der Waals surface area (Å²) >= 11 is 0. The smallest absolute Gasteiger partial charge is 0.326 e. The lowest BCUT2D eigenvalue weighted by atomic mass is 9.92. The molecule has 1 aliphatic heterocycles. The van der Waals surface area contributed by atoms with Gasteiger partial charge >= 0.3 is 5.97 Å². The van der Waals surface area contributed by atoms with Crippen molar-refractivity contribution >= 4 is 29.6 Å². The Morgan fingerprint density at radius 1 is 0.979 bits per heavy atom. The van der Waals surface area contributed by atoms with E-state index in [1.54, 1.807) is 38.1 Å². The predicted molar refractivity (Wildman–Crippen MR) is 182 cm³/mol. The van der Waals surface area contributed by atoms with E-state index in [2.05, 4.69) is 16.0 Å². The Morgan fingerprint density at radius 2 is 1.62 bits per heavy atom. The summed E-state index contributed by atoms with van der Waals surface area (Å²) in [6.07, 6.45) is 0.132. The van der Waals surface area contributed by atoms with Gasteiger partial charge in [-0.25, -0.2) is 4.79 Å². The number of benzene rings is 1. The van der Waals surface area contributed by atoms with E-state index in [9.17, 15) is 29.1 Å². The number of hydrogen-bond acceptors (Lipinski definition) is 8. The molecular weight excluding hydrogens is 618 g/mol. The Kier molecular flexibility index (Phi) is 16.5. The number of likely N-dealkylation sites (tertiary alicyclic amines) is 1. The van der Waals surface area contributed by atoms with Gasteiger partial charge in [0.2, 0.25) is 23.6 Å². The zero-order valence-corrected chi connectivity index (χ0v) is 30.0. The number of carboxylic acids is 1. The van der Waals surface area contributed by atoms with E-state index >= 15 is 0 Å². The maximum Gasteiger partial charge on any atom is 0.326 e. The van der Waals surface area contributed by atoms with Gasteiger partial charge in [-0.2, -0.15) is 0 Å². The van der Waals surface area contributed by atoms with Gasteiger partial charge in [-0.1, -0.05) is 65.0 Å². The molecule has 0 aliphatic carbocycles. The van der Waals surface area contributed by atoms with Gasteiger partial charge in [0.15, 0.2) is 0 Å². The van der Waals surface area contributed by atoms with E-state index in [-0.39, 0.29) is 48.9 Å². The van der Waals surface area contributed by atoms with E-state index in [1.165, 1.54) is 19.1 Å². The van der Waals surface area contributed by atoms with Crippen molar-refractivity contribution in [3.05, 3.63) is 35.9 Å². The Morgan fingerprint density at radius 3 is 2.15 bits per heavy atom. The van der Waals surface area contributed by atoms with E-state index in [0.717, 1.165) is 5.56 Å². The van der Waals surface area contributed by atoms with Crippen molar-refractivity contribution in [2.24, 2.45) is 17.8 Å². The number of nitrogens with zero attached hydrogens (tertiary/aromatic N) is 2. The van der Waals surface area contributed by atoms with Crippen LogP contribution in [0.15, 0.2) is 30.3 Å². The average molecular weight is 676 g/mol. The highest BCUT2D eigenvalue weighted by atomic mass is 16.5. The number of ether oxygens (including phenoxy) is 2. The van der Waals surface area contributed by atoms with Gasteiger partial charge in [-0.3, -0.25) is 19.2 Å². The number of hydrogen-bond donors (Lipinski definition) is 4. The third-order valence-corrected chi connectivity index (χ3v) is 9.33. The van der Waals surface area contributed by atoms with Crippen LogP contribution in [0.3, 0.4) is 0 Å². The lowest BCUT2D eigenvalue weighted by Crippen LogP contribution is -2.55. The van der Waals surface area contributed by atoms with Crippen molar-refractivity contribution in [3.63, 3.8) is 0 Å². The fraction of sp³-hybridized carbons (Fsp3) is 0.686. The summed E-state index contributed by atoms with van der Waals surface area (Å²) in [4.78, 5) is 68.3. The minimum Gasteiger partial charge on any atom is -0.480 e. The van der Waals surface area contributed by atoms with Crippen LogP contribution in [0.2, 0.25) is 0 Å². The first-order chi connectivity index (χ1) is 22.7. The maximum absolute atomic E-state index is 13.9. The highest BCUT2D eigenvalue weighted by Gasteiger charge is 2.42. The van der Waals surface area contributed by atoms with Crippen molar-refractivity contribution in [2.75, 3.05) is 41.4 Å². The number of methoxy groups -OCH3 is 2. The van der Waals surface area contributed by atoms with Crippen LogP contribution < -0.4 is 16.0 Å². The van der Waals surface area contributed by atoms with Gasteiger partial charge in [0.05, 0.1) is 49.2 Å². The number of carbonyl (C=O) groups is 5. The second-order valence-electron chi connectivity index (χ2n) is 13.3. The zero-order valence-electron chi connectivity index (χ0n) is 30.0. The SMILES string of the molecule is CNC(C(=O)NCC(=O)N(C)[C@@H](C(C)C)[C@@H](CC(=O)N1CCC[C@H]1C(OC)C(C)C(=O)NC(Cc1ccccc1)C(=O)O)OC)C(C)C. The summed E-state index contributed by atoms with van der Waals surface area (Å²) in [6, 6.07) is 6.65. The molecule has 1 heterocycles. The molecule has 4 N–H and O–H groups in total. The molecule has 1 fully saturated rings. The van der Waals surface area contributed by atoms with Crippen molar-refractivity contribution in [2.45, 2.75) is 96.7 Å². The van der Waals surface area contributed by atoms with Crippen LogP contribution in [0.5, 0.6) is 0 Å². The topological polar surface area (TPSA) is 167 Å². The normalized spacial score (nSPS) is 18.5. The second kappa shape index (κ2) is 19.4. The molecule has 0 spiro atoms. The molecule has 0 radical (unpaired) electrons. The van der Waals surface area contributed by atoms with Crippen LogP contribution in [0, 0.1) is 17.8 Å². The third kappa shape index (κ3) is 11.0. The zero-order chi connectivity index (χ0) is 36.1. The van der Waals surface area contributed by atoms with Crippen LogP contribution in [-0.4, -0.2) is 122 Å². The number of carboxylic acid groups (broad SMARTS) is 1. The number of aliphatic carboxylic acids is 1. The molecule has 0 saturated carbocycles. The Hall–Kier alpha value is -3.55. The Labute approximate surface area is 285 Å². The first kappa shape index (κ1) is 40.6. The van der Waals surface area contributed by atoms with Gasteiger partial charge in [0, 0.05) is 34.2 Å². The number of amides is 4. The molecule has 48 heavy (non-hydrogen) atoms. The minimum absolute atomic E-state index is 0.00974. The third-order valence-electron chi connectivity index (χ3n) is 9.33. The van der Waals surface area contributed by atoms with E-state index in [0.29, 0.717) is 19.4 Å². The van der Waals surface area contributed by atoms with Crippen LogP contribution in [0.25, 0.3) is 0 Å². The average Bonchev–Trinajstić information content (AvgIpc) is 3.53. The monoisotopic (exact) mass is 675 g/mol. The molecule has 270 valence electrons. The lowest BCUT2D eigenvalue weighted by molar-refractivity contribution is -0.146. The number of nitrogens with one attached hydrogen (secondary N) is 3. The molecule has 0 bridgehead atoms. The fourth-order valence-electron chi connectivity index (χ4n) is 6.73. The first-order valence-corrected chi connectivity index (χ1v) is 16.8. The molecule has 1 saturated heterocycles. The van der Waals surface area contributed by atoms with Crippen LogP contribution in [-0.2, 0) is 39.9 Å². The molecule has 1 aliphatic rings. The summed E-state index contributed by atoms with van der Waals surface area (Å²) < 4.78 is 11.6. The standard InChI is InChI=1S/C35H57N5O8/c1-21(2)30(36-6)34(44)37-20-29(42)39(7)31(22(3)4)27(47-8)19-28(41)40-17-13-16-26(40)32(48-9)23(5)33(43)38-25(35(45)46)18-24-14-11-10-12-15-24/h10-12,14-15,21-23,25-27,30-32,36H,13,16-20H2,1-9H3,(H,37,44)(H,38,43)(H,45,46)/t23?,25?,26-,27+,30?,31-,32?/m0/s1.